The Balaban J connectivity index is 1.81. The maximum absolute atomic E-state index is 13.7. The second-order valence-corrected chi connectivity index (χ2v) is 6.28. The molecule has 0 aliphatic carbocycles. The lowest BCUT2D eigenvalue weighted by atomic mass is 10.1. The first-order chi connectivity index (χ1) is 12.0. The molecule has 25 heavy (non-hydrogen) atoms. The SMILES string of the molecule is O=C(O)c1ccc(C=C2SC(=O)N(Cc3ccccc3F)C2=O)cc1. The fraction of sp³-hybridized carbons (Fsp3) is 0.0556. The molecule has 126 valence electrons. The van der Waals surface area contributed by atoms with Crippen LogP contribution in [0.25, 0.3) is 6.08 Å². The number of carboxylic acid groups (broad SMARTS) is 1. The fourth-order valence-electron chi connectivity index (χ4n) is 2.31. The van der Waals surface area contributed by atoms with Gasteiger partial charge in [-0.2, -0.15) is 0 Å². The van der Waals surface area contributed by atoms with E-state index in [1.807, 2.05) is 0 Å². The van der Waals surface area contributed by atoms with Crippen LogP contribution in [-0.2, 0) is 11.3 Å². The minimum absolute atomic E-state index is 0.129. The van der Waals surface area contributed by atoms with E-state index in [9.17, 15) is 18.8 Å². The summed E-state index contributed by atoms with van der Waals surface area (Å²) in [5.74, 6) is -2.02. The fourth-order valence-corrected chi connectivity index (χ4v) is 3.14. The van der Waals surface area contributed by atoms with Crippen LogP contribution in [0, 0.1) is 5.82 Å². The van der Waals surface area contributed by atoms with Crippen LogP contribution < -0.4 is 0 Å². The van der Waals surface area contributed by atoms with Gasteiger partial charge in [-0.3, -0.25) is 14.5 Å². The van der Waals surface area contributed by atoms with E-state index in [-0.39, 0.29) is 22.6 Å². The van der Waals surface area contributed by atoms with Crippen LogP contribution in [0.2, 0.25) is 0 Å². The largest absolute Gasteiger partial charge is 0.478 e. The molecule has 1 aliphatic rings. The number of imide groups is 1. The van der Waals surface area contributed by atoms with Crippen molar-refractivity contribution in [3.05, 3.63) is 75.9 Å². The van der Waals surface area contributed by atoms with Crippen molar-refractivity contribution >= 4 is 35.0 Å². The number of amides is 2. The normalized spacial score (nSPS) is 15.9. The van der Waals surface area contributed by atoms with Gasteiger partial charge >= 0.3 is 5.97 Å². The summed E-state index contributed by atoms with van der Waals surface area (Å²) in [4.78, 5) is 36.5. The van der Waals surface area contributed by atoms with Gasteiger partial charge in [0.1, 0.15) is 5.82 Å². The minimum Gasteiger partial charge on any atom is -0.478 e. The van der Waals surface area contributed by atoms with Crippen molar-refractivity contribution in [1.29, 1.82) is 0 Å². The van der Waals surface area contributed by atoms with Crippen LogP contribution in [0.3, 0.4) is 0 Å². The molecule has 0 bridgehead atoms. The van der Waals surface area contributed by atoms with Gasteiger partial charge in [-0.1, -0.05) is 30.3 Å². The summed E-state index contributed by atoms with van der Waals surface area (Å²) in [5.41, 5.74) is 0.989. The number of benzene rings is 2. The summed E-state index contributed by atoms with van der Waals surface area (Å²) in [6.45, 7) is -0.132. The Labute approximate surface area is 146 Å². The molecule has 1 heterocycles. The first-order valence-electron chi connectivity index (χ1n) is 7.28. The average molecular weight is 357 g/mol. The smallest absolute Gasteiger partial charge is 0.335 e. The van der Waals surface area contributed by atoms with Gasteiger partial charge in [0.25, 0.3) is 11.1 Å². The molecule has 5 nitrogen and oxygen atoms in total. The zero-order valence-electron chi connectivity index (χ0n) is 12.8. The monoisotopic (exact) mass is 357 g/mol. The van der Waals surface area contributed by atoms with E-state index in [0.717, 1.165) is 16.7 Å². The molecule has 0 atom stereocenters. The summed E-state index contributed by atoms with van der Waals surface area (Å²) in [6.07, 6.45) is 1.51. The number of carboxylic acids is 1. The van der Waals surface area contributed by atoms with E-state index in [4.69, 9.17) is 5.11 Å². The van der Waals surface area contributed by atoms with Crippen LogP contribution in [0.1, 0.15) is 21.5 Å². The Kier molecular flexibility index (Phi) is 4.67. The number of thioether (sulfide) groups is 1. The molecule has 2 amide bonds. The summed E-state index contributed by atoms with van der Waals surface area (Å²) < 4.78 is 13.7. The van der Waals surface area contributed by atoms with Crippen molar-refractivity contribution < 1.29 is 23.9 Å². The molecule has 3 rings (SSSR count). The molecule has 1 N–H and O–H groups in total. The van der Waals surface area contributed by atoms with Crippen molar-refractivity contribution in [3.63, 3.8) is 0 Å². The maximum atomic E-state index is 13.7. The predicted molar refractivity (Wildman–Crippen MR) is 91.3 cm³/mol. The van der Waals surface area contributed by atoms with E-state index < -0.39 is 22.9 Å². The predicted octanol–water partition coefficient (Wildman–Crippen LogP) is 3.76. The van der Waals surface area contributed by atoms with Crippen molar-refractivity contribution in [3.8, 4) is 0 Å². The highest BCUT2D eigenvalue weighted by atomic mass is 32.2. The molecular formula is C18H12FNO4S. The molecule has 0 aromatic heterocycles. The van der Waals surface area contributed by atoms with E-state index in [0.29, 0.717) is 5.56 Å². The van der Waals surface area contributed by atoms with Gasteiger partial charge in [0.2, 0.25) is 0 Å². The number of halogens is 1. The molecule has 1 fully saturated rings. The number of hydrogen-bond donors (Lipinski definition) is 1. The van der Waals surface area contributed by atoms with Crippen LogP contribution in [0.5, 0.6) is 0 Å². The highest BCUT2D eigenvalue weighted by Crippen LogP contribution is 2.33. The number of rotatable bonds is 4. The number of aromatic carboxylic acids is 1. The van der Waals surface area contributed by atoms with Gasteiger partial charge in [0, 0.05) is 5.56 Å². The minimum atomic E-state index is -1.04. The molecule has 2 aromatic carbocycles. The second-order valence-electron chi connectivity index (χ2n) is 5.29. The molecule has 0 unspecified atom stereocenters. The Morgan fingerprint density at radius 2 is 1.80 bits per heavy atom. The number of hydrogen-bond acceptors (Lipinski definition) is 4. The number of carbonyl (C=O) groups excluding carboxylic acids is 2. The summed E-state index contributed by atoms with van der Waals surface area (Å²) in [6, 6.07) is 11.9. The number of carbonyl (C=O) groups is 3. The zero-order valence-corrected chi connectivity index (χ0v) is 13.6. The molecule has 1 saturated heterocycles. The van der Waals surface area contributed by atoms with Gasteiger partial charge in [0.15, 0.2) is 0 Å². The highest BCUT2D eigenvalue weighted by Gasteiger charge is 2.35. The third-order valence-corrected chi connectivity index (χ3v) is 4.52. The van der Waals surface area contributed by atoms with Gasteiger partial charge in [-0.05, 0) is 41.6 Å². The lowest BCUT2D eigenvalue weighted by Gasteiger charge is -2.12. The Bertz CT molecular complexity index is 892. The van der Waals surface area contributed by atoms with Gasteiger partial charge < -0.3 is 5.11 Å². The third-order valence-electron chi connectivity index (χ3n) is 3.62. The lowest BCUT2D eigenvalue weighted by Crippen LogP contribution is -2.27. The molecule has 7 heteroatoms. The van der Waals surface area contributed by atoms with Crippen molar-refractivity contribution in [1.82, 2.24) is 4.90 Å². The van der Waals surface area contributed by atoms with Crippen LogP contribution >= 0.6 is 11.8 Å². The summed E-state index contributed by atoms with van der Waals surface area (Å²) in [7, 11) is 0. The highest BCUT2D eigenvalue weighted by molar-refractivity contribution is 8.18. The first kappa shape index (κ1) is 16.9. The van der Waals surface area contributed by atoms with Gasteiger partial charge in [0.05, 0.1) is 17.0 Å². The van der Waals surface area contributed by atoms with Crippen molar-refractivity contribution in [2.75, 3.05) is 0 Å². The topological polar surface area (TPSA) is 74.7 Å². The Morgan fingerprint density at radius 3 is 2.44 bits per heavy atom. The average Bonchev–Trinajstić information content (AvgIpc) is 2.85. The standard InChI is InChI=1S/C18H12FNO4S/c19-14-4-2-1-3-13(14)10-20-16(21)15(25-18(20)24)9-11-5-7-12(8-6-11)17(22)23/h1-9H,10H2,(H,22,23). The van der Waals surface area contributed by atoms with Gasteiger partial charge in [-0.25, -0.2) is 9.18 Å². The third kappa shape index (κ3) is 3.61. The molecule has 2 aromatic rings. The lowest BCUT2D eigenvalue weighted by molar-refractivity contribution is -0.123. The Hall–Kier alpha value is -2.93. The van der Waals surface area contributed by atoms with Crippen LogP contribution in [-0.4, -0.2) is 27.1 Å². The van der Waals surface area contributed by atoms with E-state index in [2.05, 4.69) is 0 Å². The van der Waals surface area contributed by atoms with Crippen molar-refractivity contribution in [2.45, 2.75) is 6.54 Å². The van der Waals surface area contributed by atoms with Crippen LogP contribution in [0.4, 0.5) is 9.18 Å². The second kappa shape index (κ2) is 6.90. The molecular weight excluding hydrogens is 345 g/mol. The zero-order chi connectivity index (χ0) is 18.0. The van der Waals surface area contributed by atoms with E-state index >= 15 is 0 Å². The van der Waals surface area contributed by atoms with E-state index in [1.54, 1.807) is 18.2 Å². The molecule has 0 spiro atoms. The van der Waals surface area contributed by atoms with Crippen molar-refractivity contribution in [2.24, 2.45) is 0 Å². The molecule has 0 radical (unpaired) electrons. The summed E-state index contributed by atoms with van der Waals surface area (Å²) >= 11 is 0.772. The van der Waals surface area contributed by atoms with Crippen LogP contribution in [0.15, 0.2) is 53.4 Å². The molecule has 0 saturated carbocycles. The first-order valence-corrected chi connectivity index (χ1v) is 8.09. The quantitative estimate of drug-likeness (QED) is 0.844. The maximum Gasteiger partial charge on any atom is 0.335 e. The molecule has 1 aliphatic heterocycles. The van der Waals surface area contributed by atoms with E-state index in [1.165, 1.54) is 36.4 Å². The van der Waals surface area contributed by atoms with Gasteiger partial charge in [-0.15, -0.1) is 0 Å². The summed E-state index contributed by atoms with van der Waals surface area (Å²) in [5, 5.41) is 8.41. The number of nitrogens with zero attached hydrogens (tertiary/aromatic N) is 1. The Morgan fingerprint density at radius 1 is 1.12 bits per heavy atom.